The van der Waals surface area contributed by atoms with Gasteiger partial charge in [0.2, 0.25) is 0 Å². The monoisotopic (exact) mass is 329 g/mol. The van der Waals surface area contributed by atoms with Gasteiger partial charge in [0.25, 0.3) is 5.91 Å². The number of benzene rings is 2. The van der Waals surface area contributed by atoms with E-state index in [9.17, 15) is 13.6 Å². The fourth-order valence-corrected chi connectivity index (χ4v) is 2.72. The van der Waals surface area contributed by atoms with Gasteiger partial charge in [-0.15, -0.1) is 0 Å². The Labute approximate surface area is 138 Å². The maximum atomic E-state index is 13.4. The molecule has 5 heteroatoms. The van der Waals surface area contributed by atoms with Crippen molar-refractivity contribution in [1.82, 2.24) is 4.90 Å². The number of furan rings is 1. The number of nitrogens with zero attached hydrogens (tertiary/aromatic N) is 1. The van der Waals surface area contributed by atoms with Crippen molar-refractivity contribution < 1.29 is 18.0 Å². The predicted molar refractivity (Wildman–Crippen MR) is 87.7 cm³/mol. The third kappa shape index (κ3) is 3.02. The highest BCUT2D eigenvalue weighted by Crippen LogP contribution is 2.27. The highest BCUT2D eigenvalue weighted by Gasteiger charge is 2.23. The van der Waals surface area contributed by atoms with Crippen LogP contribution in [0.1, 0.15) is 28.6 Å². The van der Waals surface area contributed by atoms with E-state index in [-0.39, 0.29) is 29.8 Å². The van der Waals surface area contributed by atoms with Gasteiger partial charge in [-0.2, -0.15) is 0 Å². The summed E-state index contributed by atoms with van der Waals surface area (Å²) >= 11 is 0. The molecule has 3 nitrogen and oxygen atoms in total. The van der Waals surface area contributed by atoms with Crippen LogP contribution >= 0.6 is 0 Å². The summed E-state index contributed by atoms with van der Waals surface area (Å²) in [4.78, 5) is 14.4. The van der Waals surface area contributed by atoms with E-state index in [1.165, 1.54) is 30.3 Å². The van der Waals surface area contributed by atoms with Crippen molar-refractivity contribution in [3.63, 3.8) is 0 Å². The molecular weight excluding hydrogens is 312 g/mol. The van der Waals surface area contributed by atoms with Gasteiger partial charge in [0.1, 0.15) is 17.2 Å². The van der Waals surface area contributed by atoms with Gasteiger partial charge in [0, 0.05) is 24.0 Å². The Morgan fingerprint density at radius 2 is 1.88 bits per heavy atom. The van der Waals surface area contributed by atoms with Gasteiger partial charge in [0.15, 0.2) is 5.76 Å². The first-order valence-corrected chi connectivity index (χ1v) is 7.72. The van der Waals surface area contributed by atoms with Gasteiger partial charge in [-0.1, -0.05) is 12.1 Å². The van der Waals surface area contributed by atoms with Crippen molar-refractivity contribution in [1.29, 1.82) is 0 Å². The van der Waals surface area contributed by atoms with Crippen molar-refractivity contribution in [2.24, 2.45) is 0 Å². The largest absolute Gasteiger partial charge is 0.451 e. The maximum Gasteiger partial charge on any atom is 0.290 e. The average Bonchev–Trinajstić information content (AvgIpc) is 2.89. The van der Waals surface area contributed by atoms with Crippen LogP contribution in [-0.4, -0.2) is 17.4 Å². The van der Waals surface area contributed by atoms with E-state index in [1.54, 1.807) is 24.0 Å². The van der Waals surface area contributed by atoms with Crippen LogP contribution in [0.4, 0.5) is 8.78 Å². The van der Waals surface area contributed by atoms with Crippen molar-refractivity contribution in [3.05, 3.63) is 71.0 Å². The molecule has 0 spiro atoms. The summed E-state index contributed by atoms with van der Waals surface area (Å²) in [5.74, 6) is -0.825. The number of rotatable bonds is 4. The van der Waals surface area contributed by atoms with Crippen LogP contribution in [0.2, 0.25) is 0 Å². The van der Waals surface area contributed by atoms with Crippen molar-refractivity contribution in [3.8, 4) is 0 Å². The van der Waals surface area contributed by atoms with Crippen molar-refractivity contribution in [2.45, 2.75) is 20.4 Å². The third-order valence-corrected chi connectivity index (χ3v) is 4.02. The van der Waals surface area contributed by atoms with Gasteiger partial charge in [-0.3, -0.25) is 4.79 Å². The molecule has 0 aliphatic rings. The van der Waals surface area contributed by atoms with E-state index >= 15 is 0 Å². The normalized spacial score (nSPS) is 11.0. The molecule has 0 N–H and O–H groups in total. The first kappa shape index (κ1) is 16.2. The molecule has 0 aliphatic heterocycles. The fraction of sp³-hybridized carbons (Fsp3) is 0.211. The first-order chi connectivity index (χ1) is 11.5. The quantitative estimate of drug-likeness (QED) is 0.696. The molecule has 0 fully saturated rings. The Kier molecular flexibility index (Phi) is 4.34. The molecule has 0 atom stereocenters. The van der Waals surface area contributed by atoms with E-state index in [0.29, 0.717) is 28.6 Å². The molecule has 2 aromatic carbocycles. The van der Waals surface area contributed by atoms with E-state index in [2.05, 4.69) is 0 Å². The molecule has 1 heterocycles. The minimum absolute atomic E-state index is 0.189. The molecule has 0 aliphatic carbocycles. The van der Waals surface area contributed by atoms with Crippen LogP contribution in [0.15, 0.2) is 46.9 Å². The van der Waals surface area contributed by atoms with E-state index in [1.807, 2.05) is 6.92 Å². The Hall–Kier alpha value is -2.69. The van der Waals surface area contributed by atoms with Gasteiger partial charge >= 0.3 is 0 Å². The molecule has 0 saturated carbocycles. The Morgan fingerprint density at radius 3 is 2.58 bits per heavy atom. The van der Waals surface area contributed by atoms with Gasteiger partial charge in [0.05, 0.1) is 0 Å². The van der Waals surface area contributed by atoms with Crippen LogP contribution in [0.25, 0.3) is 11.0 Å². The number of amides is 1. The van der Waals surface area contributed by atoms with Crippen LogP contribution in [0.3, 0.4) is 0 Å². The Bertz CT molecular complexity index is 902. The number of fused-ring (bicyclic) bond motifs is 1. The summed E-state index contributed by atoms with van der Waals surface area (Å²) < 4.78 is 32.4. The molecule has 3 aromatic rings. The number of carbonyl (C=O) groups is 1. The summed E-state index contributed by atoms with van der Waals surface area (Å²) in [5.41, 5.74) is 1.77. The summed E-state index contributed by atoms with van der Waals surface area (Å²) in [7, 11) is 0. The van der Waals surface area contributed by atoms with E-state index in [0.717, 1.165) is 0 Å². The Balaban J connectivity index is 1.93. The van der Waals surface area contributed by atoms with Crippen molar-refractivity contribution in [2.75, 3.05) is 6.54 Å². The summed E-state index contributed by atoms with van der Waals surface area (Å²) in [6.45, 7) is 4.29. The van der Waals surface area contributed by atoms with Gasteiger partial charge in [-0.25, -0.2) is 8.78 Å². The molecule has 1 amide bonds. The molecule has 3 rings (SSSR count). The molecular formula is C19H17F2NO2. The van der Waals surface area contributed by atoms with E-state index in [4.69, 9.17) is 4.42 Å². The molecule has 1 aromatic heterocycles. The van der Waals surface area contributed by atoms with Crippen LogP contribution < -0.4 is 0 Å². The zero-order valence-electron chi connectivity index (χ0n) is 13.5. The SMILES string of the molecule is CCN(Cc1cccc(F)c1)C(=O)c1oc2ccc(F)cc2c1C. The van der Waals surface area contributed by atoms with Gasteiger partial charge < -0.3 is 9.32 Å². The zero-order valence-corrected chi connectivity index (χ0v) is 13.5. The summed E-state index contributed by atoms with van der Waals surface area (Å²) in [6.07, 6.45) is 0. The molecule has 24 heavy (non-hydrogen) atoms. The van der Waals surface area contributed by atoms with Crippen LogP contribution in [0.5, 0.6) is 0 Å². The highest BCUT2D eigenvalue weighted by molar-refractivity contribution is 5.98. The molecule has 124 valence electrons. The maximum absolute atomic E-state index is 13.4. The lowest BCUT2D eigenvalue weighted by Crippen LogP contribution is -2.30. The lowest BCUT2D eigenvalue weighted by molar-refractivity contribution is 0.0721. The molecule has 0 saturated heterocycles. The topological polar surface area (TPSA) is 33.5 Å². The summed E-state index contributed by atoms with van der Waals surface area (Å²) in [5, 5.41) is 0.583. The van der Waals surface area contributed by atoms with Crippen LogP contribution in [0, 0.1) is 18.6 Å². The average molecular weight is 329 g/mol. The number of aryl methyl sites for hydroxylation is 1. The Morgan fingerprint density at radius 1 is 1.12 bits per heavy atom. The lowest BCUT2D eigenvalue weighted by Gasteiger charge is -2.20. The van der Waals surface area contributed by atoms with E-state index < -0.39 is 0 Å². The number of carbonyl (C=O) groups excluding carboxylic acids is 1. The second-order valence-electron chi connectivity index (χ2n) is 5.65. The predicted octanol–water partition coefficient (Wildman–Crippen LogP) is 4.68. The molecule has 0 bridgehead atoms. The smallest absolute Gasteiger partial charge is 0.290 e. The summed E-state index contributed by atoms with van der Waals surface area (Å²) in [6, 6.07) is 10.3. The van der Waals surface area contributed by atoms with Crippen molar-refractivity contribution >= 4 is 16.9 Å². The minimum Gasteiger partial charge on any atom is -0.451 e. The zero-order chi connectivity index (χ0) is 17.3. The standard InChI is InChI=1S/C19H17F2NO2/c1-3-22(11-13-5-4-6-14(20)9-13)19(23)18-12(2)16-10-15(21)7-8-17(16)24-18/h4-10H,3,11H2,1-2H3. The number of hydrogen-bond acceptors (Lipinski definition) is 2. The second-order valence-corrected chi connectivity index (χ2v) is 5.65. The molecule has 0 unspecified atom stereocenters. The first-order valence-electron chi connectivity index (χ1n) is 7.72. The van der Waals surface area contributed by atoms with Crippen LogP contribution in [-0.2, 0) is 6.54 Å². The third-order valence-electron chi connectivity index (χ3n) is 4.02. The fourth-order valence-electron chi connectivity index (χ4n) is 2.72. The van der Waals surface area contributed by atoms with Gasteiger partial charge in [-0.05, 0) is 49.7 Å². The second kappa shape index (κ2) is 6.43. The highest BCUT2D eigenvalue weighted by atomic mass is 19.1. The number of halogens is 2. The lowest BCUT2D eigenvalue weighted by atomic mass is 10.1. The molecule has 0 radical (unpaired) electrons. The minimum atomic E-state index is -0.377. The number of hydrogen-bond donors (Lipinski definition) is 0.